The molecule has 5 heteroatoms. The molecule has 0 aliphatic heterocycles. The third-order valence-corrected chi connectivity index (χ3v) is 5.42. The Labute approximate surface area is 189 Å². The van der Waals surface area contributed by atoms with Gasteiger partial charge in [0.25, 0.3) is 5.91 Å². The van der Waals surface area contributed by atoms with Crippen LogP contribution < -0.4 is 15.4 Å². The summed E-state index contributed by atoms with van der Waals surface area (Å²) in [5.74, 6) is 0.593. The van der Waals surface area contributed by atoms with Gasteiger partial charge in [-0.1, -0.05) is 60.7 Å². The fraction of sp³-hybridized carbons (Fsp3) is 0.259. The number of hydrogen-bond acceptors (Lipinski definition) is 3. The molecule has 3 aromatic rings. The number of hydrogen-bond donors (Lipinski definition) is 2. The fourth-order valence-electron chi connectivity index (χ4n) is 3.80. The highest BCUT2D eigenvalue weighted by molar-refractivity contribution is 5.94. The van der Waals surface area contributed by atoms with Gasteiger partial charge in [0.15, 0.2) is 0 Å². The van der Waals surface area contributed by atoms with Gasteiger partial charge in [0, 0.05) is 30.5 Å². The lowest BCUT2D eigenvalue weighted by molar-refractivity contribution is -0.121. The van der Waals surface area contributed by atoms with E-state index < -0.39 is 0 Å². The minimum absolute atomic E-state index is 0.0203. The third kappa shape index (κ3) is 6.45. The Balaban J connectivity index is 1.50. The van der Waals surface area contributed by atoms with Gasteiger partial charge in [0.05, 0.1) is 7.11 Å². The second kappa shape index (κ2) is 11.7. The maximum atomic E-state index is 12.6. The van der Waals surface area contributed by atoms with Gasteiger partial charge in [-0.15, -0.1) is 0 Å². The summed E-state index contributed by atoms with van der Waals surface area (Å²) in [7, 11) is 1.59. The molecule has 3 rings (SSSR count). The minimum Gasteiger partial charge on any atom is -0.497 e. The van der Waals surface area contributed by atoms with E-state index in [1.807, 2.05) is 43.3 Å². The molecule has 1 atom stereocenters. The molecule has 1 unspecified atom stereocenters. The number of rotatable bonds is 10. The molecular weight excluding hydrogens is 400 g/mol. The highest BCUT2D eigenvalue weighted by Crippen LogP contribution is 2.28. The van der Waals surface area contributed by atoms with Crippen molar-refractivity contribution in [1.82, 2.24) is 10.6 Å². The molecule has 0 saturated carbocycles. The van der Waals surface area contributed by atoms with Crippen LogP contribution in [0.5, 0.6) is 5.75 Å². The molecule has 0 saturated heterocycles. The van der Waals surface area contributed by atoms with Crippen molar-refractivity contribution in [2.75, 3.05) is 13.7 Å². The van der Waals surface area contributed by atoms with Crippen LogP contribution in [0.4, 0.5) is 0 Å². The molecule has 2 amide bonds. The predicted octanol–water partition coefficient (Wildman–Crippen LogP) is 4.54. The number of nitrogens with one attached hydrogen (secondary N) is 2. The van der Waals surface area contributed by atoms with E-state index >= 15 is 0 Å². The van der Waals surface area contributed by atoms with Crippen LogP contribution in [0.2, 0.25) is 0 Å². The zero-order valence-corrected chi connectivity index (χ0v) is 18.6. The van der Waals surface area contributed by atoms with E-state index in [0.29, 0.717) is 30.7 Å². The van der Waals surface area contributed by atoms with Crippen LogP contribution in [0.25, 0.3) is 0 Å². The zero-order chi connectivity index (χ0) is 22.8. The normalized spacial score (nSPS) is 11.6. The Morgan fingerprint density at radius 1 is 0.844 bits per heavy atom. The number of ether oxygens (including phenoxy) is 1. The molecule has 2 N–H and O–H groups in total. The van der Waals surface area contributed by atoms with E-state index in [1.54, 1.807) is 31.4 Å². The predicted molar refractivity (Wildman–Crippen MR) is 127 cm³/mol. The van der Waals surface area contributed by atoms with Gasteiger partial charge in [-0.3, -0.25) is 9.59 Å². The van der Waals surface area contributed by atoms with Crippen molar-refractivity contribution in [2.45, 2.75) is 31.7 Å². The fourth-order valence-corrected chi connectivity index (χ4v) is 3.80. The van der Waals surface area contributed by atoms with Crippen LogP contribution in [0.1, 0.15) is 47.2 Å². The molecule has 5 nitrogen and oxygen atoms in total. The van der Waals surface area contributed by atoms with Crippen molar-refractivity contribution in [3.05, 3.63) is 102 Å². The van der Waals surface area contributed by atoms with Crippen LogP contribution in [-0.2, 0) is 4.79 Å². The van der Waals surface area contributed by atoms with Crippen LogP contribution in [0.15, 0.2) is 84.9 Å². The average Bonchev–Trinajstić information content (AvgIpc) is 2.83. The molecule has 0 heterocycles. The SMILES string of the molecule is COc1ccc(C(=O)NCCCC(=O)NC(C)C(c2ccccc2)c2ccccc2)cc1. The van der Waals surface area contributed by atoms with Gasteiger partial charge in [0.2, 0.25) is 5.91 Å². The number of carbonyl (C=O) groups is 2. The lowest BCUT2D eigenvalue weighted by atomic mass is 9.86. The molecule has 0 fully saturated rings. The van der Waals surface area contributed by atoms with E-state index in [4.69, 9.17) is 4.74 Å². The second-order valence-electron chi connectivity index (χ2n) is 7.74. The molecule has 0 radical (unpaired) electrons. The Kier molecular flexibility index (Phi) is 8.44. The molecule has 0 spiro atoms. The van der Waals surface area contributed by atoms with Gasteiger partial charge in [-0.25, -0.2) is 0 Å². The van der Waals surface area contributed by atoms with E-state index in [9.17, 15) is 9.59 Å². The van der Waals surface area contributed by atoms with Gasteiger partial charge in [-0.05, 0) is 48.7 Å². The Bertz CT molecular complexity index is 949. The summed E-state index contributed by atoms with van der Waals surface area (Å²) in [5.41, 5.74) is 2.90. The molecular formula is C27H30N2O3. The third-order valence-electron chi connectivity index (χ3n) is 5.42. The van der Waals surface area contributed by atoms with E-state index in [1.165, 1.54) is 11.1 Å². The van der Waals surface area contributed by atoms with Crippen molar-refractivity contribution >= 4 is 11.8 Å². The molecule has 166 valence electrons. The maximum absolute atomic E-state index is 12.6. The first kappa shape index (κ1) is 23.1. The summed E-state index contributed by atoms with van der Waals surface area (Å²) < 4.78 is 5.10. The Morgan fingerprint density at radius 3 is 1.94 bits per heavy atom. The second-order valence-corrected chi connectivity index (χ2v) is 7.74. The summed E-state index contributed by atoms with van der Waals surface area (Å²) in [5, 5.41) is 6.00. The van der Waals surface area contributed by atoms with Crippen molar-refractivity contribution in [3.8, 4) is 5.75 Å². The average molecular weight is 431 g/mol. The molecule has 0 bridgehead atoms. The first-order valence-electron chi connectivity index (χ1n) is 10.9. The quantitative estimate of drug-likeness (QED) is 0.464. The van der Waals surface area contributed by atoms with Gasteiger partial charge in [-0.2, -0.15) is 0 Å². The van der Waals surface area contributed by atoms with Gasteiger partial charge >= 0.3 is 0 Å². The van der Waals surface area contributed by atoms with Crippen molar-refractivity contribution in [3.63, 3.8) is 0 Å². The molecule has 0 aromatic heterocycles. The van der Waals surface area contributed by atoms with Gasteiger partial charge in [0.1, 0.15) is 5.75 Å². The monoisotopic (exact) mass is 430 g/mol. The number of amides is 2. The summed E-state index contributed by atoms with van der Waals surface area (Å²) in [6.45, 7) is 2.47. The molecule has 0 aliphatic carbocycles. The standard InChI is InChI=1S/C27H30N2O3/c1-20(26(21-10-5-3-6-11-21)22-12-7-4-8-13-22)29-25(30)14-9-19-28-27(31)23-15-17-24(32-2)18-16-23/h3-8,10-13,15-18,20,26H,9,14,19H2,1-2H3,(H,28,31)(H,29,30). The van der Waals surface area contributed by atoms with Crippen LogP contribution >= 0.6 is 0 Å². The van der Waals surface area contributed by atoms with Crippen molar-refractivity contribution < 1.29 is 14.3 Å². The minimum atomic E-state index is -0.158. The van der Waals surface area contributed by atoms with Crippen molar-refractivity contribution in [1.29, 1.82) is 0 Å². The van der Waals surface area contributed by atoms with Gasteiger partial charge < -0.3 is 15.4 Å². The maximum Gasteiger partial charge on any atom is 0.251 e. The lowest BCUT2D eigenvalue weighted by Crippen LogP contribution is -2.37. The summed E-state index contributed by atoms with van der Waals surface area (Å²) in [4.78, 5) is 24.8. The largest absolute Gasteiger partial charge is 0.497 e. The topological polar surface area (TPSA) is 67.4 Å². The smallest absolute Gasteiger partial charge is 0.251 e. The van der Waals surface area contributed by atoms with Crippen LogP contribution in [0.3, 0.4) is 0 Å². The lowest BCUT2D eigenvalue weighted by Gasteiger charge is -2.26. The zero-order valence-electron chi connectivity index (χ0n) is 18.6. The molecule has 32 heavy (non-hydrogen) atoms. The van der Waals surface area contributed by atoms with E-state index in [0.717, 1.165) is 0 Å². The summed E-state index contributed by atoms with van der Waals surface area (Å²) in [6.07, 6.45) is 0.922. The Hall–Kier alpha value is -3.60. The van der Waals surface area contributed by atoms with Crippen LogP contribution in [0, 0.1) is 0 Å². The van der Waals surface area contributed by atoms with Crippen molar-refractivity contribution in [2.24, 2.45) is 0 Å². The highest BCUT2D eigenvalue weighted by atomic mass is 16.5. The highest BCUT2D eigenvalue weighted by Gasteiger charge is 2.22. The summed E-state index contributed by atoms with van der Waals surface area (Å²) >= 11 is 0. The molecule has 3 aromatic carbocycles. The van der Waals surface area contributed by atoms with E-state index in [2.05, 4.69) is 34.9 Å². The van der Waals surface area contributed by atoms with E-state index in [-0.39, 0.29) is 23.8 Å². The number of carbonyl (C=O) groups excluding carboxylic acids is 2. The van der Waals surface area contributed by atoms with Crippen LogP contribution in [-0.4, -0.2) is 31.5 Å². The molecule has 0 aliphatic rings. The summed E-state index contributed by atoms with van der Waals surface area (Å²) in [6, 6.07) is 27.3. The first-order chi connectivity index (χ1) is 15.6. The Morgan fingerprint density at radius 2 is 1.41 bits per heavy atom. The first-order valence-corrected chi connectivity index (χ1v) is 10.9. The number of methoxy groups -OCH3 is 1. The number of benzene rings is 3.